The molecule has 2 N–H and O–H groups in total. The van der Waals surface area contributed by atoms with Crippen LogP contribution in [0.3, 0.4) is 0 Å². The fourth-order valence-electron chi connectivity index (χ4n) is 1.70. The number of aromatic nitrogens is 1. The molecule has 1 saturated heterocycles. The molecule has 16 heavy (non-hydrogen) atoms. The maximum atomic E-state index is 12.2. The van der Waals surface area contributed by atoms with E-state index >= 15 is 0 Å². The molecular weight excluding hydrogens is 246 g/mol. The molecule has 0 bridgehead atoms. The number of nitrogens with two attached hydrogens (primary N) is 1. The number of hydrogen-bond acceptors (Lipinski definition) is 5. The summed E-state index contributed by atoms with van der Waals surface area (Å²) in [6, 6.07) is 0.134. The second-order valence-electron chi connectivity index (χ2n) is 3.94. The van der Waals surface area contributed by atoms with Crippen molar-refractivity contribution in [2.24, 2.45) is 5.73 Å². The maximum Gasteiger partial charge on any atom is 0.254 e. The van der Waals surface area contributed by atoms with Crippen LogP contribution in [0.1, 0.15) is 17.8 Å². The zero-order valence-electron chi connectivity index (χ0n) is 9.09. The quantitative estimate of drug-likeness (QED) is 0.844. The Kier molecular flexibility index (Phi) is 3.29. The number of aryl methyl sites for hydroxylation is 1. The highest BCUT2D eigenvalue weighted by Crippen LogP contribution is 2.24. The lowest BCUT2D eigenvalue weighted by molar-refractivity contribution is 0.320. The van der Waals surface area contributed by atoms with Crippen LogP contribution in [-0.4, -0.2) is 36.8 Å². The van der Waals surface area contributed by atoms with E-state index in [0.717, 1.165) is 17.8 Å². The van der Waals surface area contributed by atoms with Crippen molar-refractivity contribution in [1.82, 2.24) is 9.29 Å². The van der Waals surface area contributed by atoms with E-state index in [1.54, 1.807) is 6.92 Å². The van der Waals surface area contributed by atoms with Gasteiger partial charge in [-0.15, -0.1) is 11.3 Å². The van der Waals surface area contributed by atoms with Crippen molar-refractivity contribution in [3.05, 3.63) is 11.2 Å². The van der Waals surface area contributed by atoms with Gasteiger partial charge in [0.1, 0.15) is 0 Å². The molecule has 5 nitrogen and oxygen atoms in total. The fraction of sp³-hybridized carbons (Fsp3) is 0.667. The zero-order chi connectivity index (χ0) is 11.8. The van der Waals surface area contributed by atoms with E-state index in [2.05, 4.69) is 4.98 Å². The zero-order valence-corrected chi connectivity index (χ0v) is 10.7. The van der Waals surface area contributed by atoms with Crippen molar-refractivity contribution in [2.75, 3.05) is 13.1 Å². The fourth-order valence-corrected chi connectivity index (χ4v) is 4.44. The first-order chi connectivity index (χ1) is 7.50. The highest BCUT2D eigenvalue weighted by atomic mass is 32.2. The second kappa shape index (κ2) is 4.40. The van der Waals surface area contributed by atoms with Gasteiger partial charge >= 0.3 is 0 Å². The molecule has 2 heterocycles. The second-order valence-corrected chi connectivity index (χ2v) is 7.34. The Morgan fingerprint density at radius 2 is 2.12 bits per heavy atom. The largest absolute Gasteiger partial charge is 0.328 e. The summed E-state index contributed by atoms with van der Waals surface area (Å²) in [7, 11) is -3.33. The van der Waals surface area contributed by atoms with Crippen molar-refractivity contribution in [1.29, 1.82) is 0 Å². The molecule has 90 valence electrons. The molecule has 0 spiro atoms. The smallest absolute Gasteiger partial charge is 0.254 e. The van der Waals surface area contributed by atoms with E-state index in [9.17, 15) is 8.42 Å². The number of sulfonamides is 1. The maximum absolute atomic E-state index is 12.2. The van der Waals surface area contributed by atoms with E-state index in [0.29, 0.717) is 17.3 Å². The number of thiazole rings is 1. The summed E-state index contributed by atoms with van der Waals surface area (Å²) in [5, 5.41) is 0.771. The molecule has 1 aromatic heterocycles. The minimum absolute atomic E-state index is 0.134. The van der Waals surface area contributed by atoms with Gasteiger partial charge in [0.15, 0.2) is 4.21 Å². The first-order valence-electron chi connectivity index (χ1n) is 5.18. The van der Waals surface area contributed by atoms with E-state index < -0.39 is 10.0 Å². The lowest BCUT2D eigenvalue weighted by Gasteiger charge is -2.28. The summed E-state index contributed by atoms with van der Waals surface area (Å²) in [6.45, 7) is 2.83. The van der Waals surface area contributed by atoms with Gasteiger partial charge in [-0.3, -0.25) is 0 Å². The van der Waals surface area contributed by atoms with Gasteiger partial charge in [-0.2, -0.15) is 4.31 Å². The number of hydrogen-bond donors (Lipinski definition) is 1. The third kappa shape index (κ3) is 2.27. The third-order valence-electron chi connectivity index (χ3n) is 2.69. The molecule has 1 aliphatic rings. The Labute approximate surface area is 99.3 Å². The van der Waals surface area contributed by atoms with Gasteiger partial charge < -0.3 is 5.73 Å². The van der Waals surface area contributed by atoms with Crippen LogP contribution in [0.5, 0.6) is 0 Å². The molecule has 7 heteroatoms. The lowest BCUT2D eigenvalue weighted by atomic mass is 10.1. The summed E-state index contributed by atoms with van der Waals surface area (Å²) in [4.78, 5) is 3.98. The van der Waals surface area contributed by atoms with Gasteiger partial charge in [-0.05, 0) is 19.8 Å². The predicted molar refractivity (Wildman–Crippen MR) is 62.8 cm³/mol. The van der Waals surface area contributed by atoms with Crippen molar-refractivity contribution in [3.63, 3.8) is 0 Å². The van der Waals surface area contributed by atoms with Crippen LogP contribution in [0.15, 0.2) is 10.4 Å². The molecule has 0 radical (unpaired) electrons. The minimum Gasteiger partial charge on any atom is -0.328 e. The topological polar surface area (TPSA) is 76.3 Å². The first-order valence-corrected chi connectivity index (χ1v) is 7.44. The van der Waals surface area contributed by atoms with E-state index in [1.165, 1.54) is 21.8 Å². The number of piperidine rings is 1. The molecule has 0 atom stereocenters. The Balaban J connectivity index is 2.20. The van der Waals surface area contributed by atoms with Gasteiger partial charge in [0.2, 0.25) is 0 Å². The highest BCUT2D eigenvalue weighted by Gasteiger charge is 2.29. The van der Waals surface area contributed by atoms with E-state index in [4.69, 9.17) is 5.73 Å². The molecule has 1 fully saturated rings. The molecule has 1 aliphatic heterocycles. The van der Waals surface area contributed by atoms with Crippen molar-refractivity contribution in [3.8, 4) is 0 Å². The highest BCUT2D eigenvalue weighted by molar-refractivity contribution is 7.91. The van der Waals surface area contributed by atoms with Crippen molar-refractivity contribution in [2.45, 2.75) is 30.0 Å². The Morgan fingerprint density at radius 3 is 2.62 bits per heavy atom. The third-order valence-corrected chi connectivity index (χ3v) is 5.94. The van der Waals surface area contributed by atoms with E-state index in [1.807, 2.05) is 0 Å². The normalized spacial score (nSPS) is 20.1. The van der Waals surface area contributed by atoms with Crippen LogP contribution in [0.4, 0.5) is 0 Å². The Morgan fingerprint density at radius 1 is 1.50 bits per heavy atom. The summed E-state index contributed by atoms with van der Waals surface area (Å²) in [5.74, 6) is 0. The minimum atomic E-state index is -3.33. The average Bonchev–Trinajstić information content (AvgIpc) is 2.66. The molecule has 0 amide bonds. The van der Waals surface area contributed by atoms with Crippen LogP contribution < -0.4 is 5.73 Å². The van der Waals surface area contributed by atoms with Gasteiger partial charge in [-0.25, -0.2) is 13.4 Å². The molecule has 0 unspecified atom stereocenters. The summed E-state index contributed by atoms with van der Waals surface area (Å²) in [5.41, 5.74) is 5.75. The SMILES string of the molecule is Cc1ncc(S(=O)(=O)N2CCC(N)CC2)s1. The first kappa shape index (κ1) is 12.0. The van der Waals surface area contributed by atoms with Crippen LogP contribution in [0.2, 0.25) is 0 Å². The van der Waals surface area contributed by atoms with Gasteiger partial charge in [-0.1, -0.05) is 0 Å². The summed E-state index contributed by atoms with van der Waals surface area (Å²) in [6.07, 6.45) is 2.90. The van der Waals surface area contributed by atoms with Gasteiger partial charge in [0, 0.05) is 19.1 Å². The van der Waals surface area contributed by atoms with Crippen LogP contribution in [-0.2, 0) is 10.0 Å². The monoisotopic (exact) mass is 261 g/mol. The van der Waals surface area contributed by atoms with Crippen LogP contribution in [0, 0.1) is 6.92 Å². The average molecular weight is 261 g/mol. The Hall–Kier alpha value is -0.500. The summed E-state index contributed by atoms with van der Waals surface area (Å²) >= 11 is 1.22. The molecule has 0 aromatic carbocycles. The van der Waals surface area contributed by atoms with Gasteiger partial charge in [0.25, 0.3) is 10.0 Å². The molecular formula is C9H15N3O2S2. The van der Waals surface area contributed by atoms with E-state index in [-0.39, 0.29) is 6.04 Å². The van der Waals surface area contributed by atoms with Crippen molar-refractivity contribution >= 4 is 21.4 Å². The molecule has 0 aliphatic carbocycles. The summed E-state index contributed by atoms with van der Waals surface area (Å²) < 4.78 is 26.2. The Bertz CT molecular complexity index is 461. The molecule has 1 aromatic rings. The lowest BCUT2D eigenvalue weighted by Crippen LogP contribution is -2.42. The van der Waals surface area contributed by atoms with Crippen LogP contribution in [0.25, 0.3) is 0 Å². The van der Waals surface area contributed by atoms with Gasteiger partial charge in [0.05, 0.1) is 11.2 Å². The predicted octanol–water partition coefficient (Wildman–Crippen LogP) is 0.563. The number of nitrogens with zero attached hydrogens (tertiary/aromatic N) is 2. The van der Waals surface area contributed by atoms with Crippen LogP contribution >= 0.6 is 11.3 Å². The molecule has 2 rings (SSSR count). The standard InChI is InChI=1S/C9H15N3O2S2/c1-7-11-6-9(15-7)16(13,14)12-4-2-8(10)3-5-12/h6,8H,2-5,10H2,1H3. The number of rotatable bonds is 2. The van der Waals surface area contributed by atoms with Crippen molar-refractivity contribution < 1.29 is 8.42 Å². The molecule has 0 saturated carbocycles.